The van der Waals surface area contributed by atoms with Crippen LogP contribution in [0.25, 0.3) is 0 Å². The predicted octanol–water partition coefficient (Wildman–Crippen LogP) is 0.882. The van der Waals surface area contributed by atoms with E-state index in [4.69, 9.17) is 10.8 Å². The van der Waals surface area contributed by atoms with Gasteiger partial charge in [0, 0.05) is 24.8 Å². The number of nitrogens with two attached hydrogens (primary N) is 1. The summed E-state index contributed by atoms with van der Waals surface area (Å²) in [6, 6.07) is 7.45. The molecule has 2 rings (SSSR count). The number of rotatable bonds is 5. The smallest absolute Gasteiger partial charge is 0.305 e. The third-order valence-corrected chi connectivity index (χ3v) is 3.94. The van der Waals surface area contributed by atoms with E-state index in [1.807, 2.05) is 6.07 Å². The zero-order chi connectivity index (χ0) is 16.1. The van der Waals surface area contributed by atoms with Crippen LogP contribution in [0.5, 0.6) is 0 Å². The highest BCUT2D eigenvalue weighted by atomic mass is 16.4. The Morgan fingerprint density at radius 2 is 2.09 bits per heavy atom. The minimum atomic E-state index is -1.06. The molecule has 0 aliphatic carbocycles. The molecule has 22 heavy (non-hydrogen) atoms. The van der Waals surface area contributed by atoms with Gasteiger partial charge in [-0.3, -0.25) is 9.59 Å². The first-order valence-corrected chi connectivity index (χ1v) is 7.55. The lowest BCUT2D eigenvalue weighted by Crippen LogP contribution is -2.50. The second-order valence-corrected chi connectivity index (χ2v) is 5.81. The van der Waals surface area contributed by atoms with E-state index in [1.165, 1.54) is 11.3 Å². The highest BCUT2D eigenvalue weighted by molar-refractivity contribution is 5.86. The molecule has 1 aromatic rings. The third kappa shape index (κ3) is 4.46. The maximum atomic E-state index is 11.8. The van der Waals surface area contributed by atoms with Gasteiger partial charge in [-0.15, -0.1) is 0 Å². The number of anilines is 1. The first-order valence-electron chi connectivity index (χ1n) is 7.55. The molecular weight excluding hydrogens is 282 g/mol. The highest BCUT2D eigenvalue weighted by Crippen LogP contribution is 2.21. The molecule has 1 saturated heterocycles. The summed E-state index contributed by atoms with van der Waals surface area (Å²) < 4.78 is 0. The van der Waals surface area contributed by atoms with Crippen LogP contribution in [0.3, 0.4) is 0 Å². The molecule has 0 saturated carbocycles. The number of aryl methyl sites for hydroxylation is 1. The molecule has 0 radical (unpaired) electrons. The van der Waals surface area contributed by atoms with E-state index in [2.05, 4.69) is 35.3 Å². The van der Waals surface area contributed by atoms with Gasteiger partial charge in [-0.05, 0) is 37.5 Å². The zero-order valence-corrected chi connectivity index (χ0v) is 12.8. The van der Waals surface area contributed by atoms with Crippen LogP contribution < -0.4 is 16.0 Å². The van der Waals surface area contributed by atoms with Crippen molar-refractivity contribution in [2.24, 2.45) is 5.73 Å². The van der Waals surface area contributed by atoms with Gasteiger partial charge in [0.2, 0.25) is 5.91 Å². The first kappa shape index (κ1) is 16.3. The summed E-state index contributed by atoms with van der Waals surface area (Å²) in [6.07, 6.45) is 1.33. The minimum Gasteiger partial charge on any atom is -0.481 e. The van der Waals surface area contributed by atoms with E-state index in [0.717, 1.165) is 25.9 Å². The average molecular weight is 305 g/mol. The van der Waals surface area contributed by atoms with Crippen molar-refractivity contribution in [3.8, 4) is 0 Å². The summed E-state index contributed by atoms with van der Waals surface area (Å²) in [6.45, 7) is 3.80. The van der Waals surface area contributed by atoms with Gasteiger partial charge < -0.3 is 21.1 Å². The van der Waals surface area contributed by atoms with Crippen LogP contribution in [0.4, 0.5) is 5.69 Å². The van der Waals surface area contributed by atoms with Crippen molar-refractivity contribution < 1.29 is 14.7 Å². The number of aliphatic carboxylic acids is 1. The predicted molar refractivity (Wildman–Crippen MR) is 84.8 cm³/mol. The SMILES string of the molecule is Cc1cccc(N2CCC(NC(=O)[C@@H](N)CC(=O)O)CC2)c1. The zero-order valence-electron chi connectivity index (χ0n) is 12.8. The fourth-order valence-electron chi connectivity index (χ4n) is 2.70. The number of piperidine rings is 1. The van der Waals surface area contributed by atoms with Crippen molar-refractivity contribution >= 4 is 17.6 Å². The van der Waals surface area contributed by atoms with Crippen LogP contribution in [-0.2, 0) is 9.59 Å². The second kappa shape index (κ2) is 7.26. The van der Waals surface area contributed by atoms with E-state index in [-0.39, 0.29) is 18.4 Å². The van der Waals surface area contributed by atoms with E-state index in [9.17, 15) is 9.59 Å². The quantitative estimate of drug-likeness (QED) is 0.750. The number of hydrogen-bond donors (Lipinski definition) is 3. The molecule has 6 nitrogen and oxygen atoms in total. The maximum absolute atomic E-state index is 11.8. The number of hydrogen-bond acceptors (Lipinski definition) is 4. The number of carboxylic acid groups (broad SMARTS) is 1. The van der Waals surface area contributed by atoms with E-state index in [0.29, 0.717) is 0 Å². The van der Waals surface area contributed by atoms with Crippen LogP contribution in [0.2, 0.25) is 0 Å². The van der Waals surface area contributed by atoms with Crippen molar-refractivity contribution in [2.45, 2.75) is 38.3 Å². The number of carbonyl (C=O) groups is 2. The van der Waals surface area contributed by atoms with Crippen molar-refractivity contribution in [2.75, 3.05) is 18.0 Å². The Morgan fingerprint density at radius 3 is 2.68 bits per heavy atom. The van der Waals surface area contributed by atoms with Gasteiger partial charge in [0.05, 0.1) is 12.5 Å². The normalized spacial score (nSPS) is 17.1. The molecule has 1 fully saturated rings. The topological polar surface area (TPSA) is 95.7 Å². The standard InChI is InChI=1S/C16H23N3O3/c1-11-3-2-4-13(9-11)19-7-5-12(6-8-19)18-16(22)14(17)10-15(20)21/h2-4,9,12,14H,5-8,10,17H2,1H3,(H,18,22)(H,20,21)/t14-/m0/s1. The lowest BCUT2D eigenvalue weighted by atomic mass is 10.0. The molecule has 1 heterocycles. The molecular formula is C16H23N3O3. The molecule has 1 aliphatic heterocycles. The van der Waals surface area contributed by atoms with E-state index < -0.39 is 12.0 Å². The molecule has 1 amide bonds. The van der Waals surface area contributed by atoms with Gasteiger partial charge >= 0.3 is 5.97 Å². The molecule has 0 spiro atoms. The number of amides is 1. The van der Waals surface area contributed by atoms with Crippen molar-refractivity contribution in [1.29, 1.82) is 0 Å². The van der Waals surface area contributed by atoms with Crippen molar-refractivity contribution in [3.63, 3.8) is 0 Å². The van der Waals surface area contributed by atoms with Crippen LogP contribution in [0.15, 0.2) is 24.3 Å². The molecule has 4 N–H and O–H groups in total. The molecule has 0 bridgehead atoms. The molecule has 0 aromatic heterocycles. The fraction of sp³-hybridized carbons (Fsp3) is 0.500. The molecule has 1 atom stereocenters. The number of carbonyl (C=O) groups excluding carboxylic acids is 1. The molecule has 6 heteroatoms. The summed E-state index contributed by atoms with van der Waals surface area (Å²) in [7, 11) is 0. The largest absolute Gasteiger partial charge is 0.481 e. The van der Waals surface area contributed by atoms with E-state index in [1.54, 1.807) is 0 Å². The maximum Gasteiger partial charge on any atom is 0.305 e. The molecule has 0 unspecified atom stereocenters. The average Bonchev–Trinajstić information content (AvgIpc) is 2.47. The molecule has 120 valence electrons. The Balaban J connectivity index is 1.82. The third-order valence-electron chi connectivity index (χ3n) is 3.94. The number of nitrogens with zero attached hydrogens (tertiary/aromatic N) is 1. The van der Waals surface area contributed by atoms with Crippen LogP contribution >= 0.6 is 0 Å². The Labute approximate surface area is 130 Å². The molecule has 1 aromatic carbocycles. The van der Waals surface area contributed by atoms with Gasteiger partial charge in [0.1, 0.15) is 0 Å². The summed E-state index contributed by atoms with van der Waals surface area (Å²) in [5.74, 6) is -1.44. The van der Waals surface area contributed by atoms with Crippen molar-refractivity contribution in [3.05, 3.63) is 29.8 Å². The van der Waals surface area contributed by atoms with Gasteiger partial charge in [-0.25, -0.2) is 0 Å². The van der Waals surface area contributed by atoms with Crippen molar-refractivity contribution in [1.82, 2.24) is 5.32 Å². The highest BCUT2D eigenvalue weighted by Gasteiger charge is 2.24. The van der Waals surface area contributed by atoms with Gasteiger partial charge in [-0.1, -0.05) is 12.1 Å². The summed E-state index contributed by atoms with van der Waals surface area (Å²) in [5, 5.41) is 11.5. The lowest BCUT2D eigenvalue weighted by Gasteiger charge is -2.34. The Bertz CT molecular complexity index is 539. The summed E-state index contributed by atoms with van der Waals surface area (Å²) in [4.78, 5) is 24.7. The van der Waals surface area contributed by atoms with Gasteiger partial charge in [0.25, 0.3) is 0 Å². The Morgan fingerprint density at radius 1 is 1.41 bits per heavy atom. The number of nitrogens with one attached hydrogen (secondary N) is 1. The van der Waals surface area contributed by atoms with Crippen LogP contribution in [-0.4, -0.2) is 42.2 Å². The van der Waals surface area contributed by atoms with Crippen LogP contribution in [0.1, 0.15) is 24.8 Å². The molecule has 1 aliphatic rings. The first-order chi connectivity index (χ1) is 10.5. The van der Waals surface area contributed by atoms with Crippen LogP contribution in [0, 0.1) is 6.92 Å². The van der Waals surface area contributed by atoms with Gasteiger partial charge in [-0.2, -0.15) is 0 Å². The fourth-order valence-corrected chi connectivity index (χ4v) is 2.70. The number of benzene rings is 1. The van der Waals surface area contributed by atoms with Gasteiger partial charge in [0.15, 0.2) is 0 Å². The minimum absolute atomic E-state index is 0.0633. The Hall–Kier alpha value is -2.08. The second-order valence-electron chi connectivity index (χ2n) is 5.81. The Kier molecular flexibility index (Phi) is 5.38. The monoisotopic (exact) mass is 305 g/mol. The number of carboxylic acids is 1. The summed E-state index contributed by atoms with van der Waals surface area (Å²) >= 11 is 0. The lowest BCUT2D eigenvalue weighted by molar-refractivity contribution is -0.139. The summed E-state index contributed by atoms with van der Waals surface area (Å²) in [5.41, 5.74) is 8.00. The van der Waals surface area contributed by atoms with E-state index >= 15 is 0 Å².